The molecule has 0 spiro atoms. The van der Waals surface area contributed by atoms with Crippen LogP contribution in [0.1, 0.15) is 0 Å². The first kappa shape index (κ1) is 12.2. The summed E-state index contributed by atoms with van der Waals surface area (Å²) in [6, 6.07) is 10.0. The highest BCUT2D eigenvalue weighted by Gasteiger charge is 2.02. The fourth-order valence-electron chi connectivity index (χ4n) is 1.26. The van der Waals surface area contributed by atoms with Gasteiger partial charge in [0.25, 0.3) is 0 Å². The van der Waals surface area contributed by atoms with E-state index in [0.29, 0.717) is 16.5 Å². The molecule has 2 N–H and O–H groups in total. The van der Waals surface area contributed by atoms with Crippen molar-refractivity contribution in [2.24, 2.45) is 5.73 Å². The van der Waals surface area contributed by atoms with E-state index in [-0.39, 0.29) is 5.88 Å². The van der Waals surface area contributed by atoms with Gasteiger partial charge in [-0.2, -0.15) is 0 Å². The monoisotopic (exact) mass is 264 g/mol. The third-order valence-corrected chi connectivity index (χ3v) is 2.18. The number of rotatable bonds is 3. The molecule has 1 heterocycles. The summed E-state index contributed by atoms with van der Waals surface area (Å²) < 4.78 is 10.1. The number of halogens is 1. The number of benzene rings is 1. The van der Waals surface area contributed by atoms with Gasteiger partial charge in [0.1, 0.15) is 11.5 Å². The molecule has 0 aliphatic rings. The lowest BCUT2D eigenvalue weighted by Crippen LogP contribution is -2.16. The van der Waals surface area contributed by atoms with Gasteiger partial charge >= 0.3 is 6.09 Å². The lowest BCUT2D eigenvalue weighted by atomic mass is 10.3. The molecule has 0 aliphatic carbocycles. The van der Waals surface area contributed by atoms with Crippen LogP contribution in [0.25, 0.3) is 0 Å². The normalized spacial score (nSPS) is 9.83. The number of primary amides is 1. The molecule has 2 rings (SSSR count). The average molecular weight is 265 g/mol. The molecule has 0 unspecified atom stereocenters. The standard InChI is InChI=1S/C12H9ClN2O3/c13-8-2-1-3-9(6-8)17-10-4-5-11(15-7-10)18-12(14)16/h1-7H,(H2,14,16). The van der Waals surface area contributed by atoms with E-state index < -0.39 is 6.09 Å². The van der Waals surface area contributed by atoms with Crippen LogP contribution in [-0.4, -0.2) is 11.1 Å². The number of nitrogens with two attached hydrogens (primary N) is 1. The minimum Gasteiger partial charge on any atom is -0.456 e. The van der Waals surface area contributed by atoms with E-state index in [1.165, 1.54) is 12.3 Å². The highest BCUT2D eigenvalue weighted by Crippen LogP contribution is 2.24. The van der Waals surface area contributed by atoms with E-state index in [4.69, 9.17) is 22.1 Å². The second kappa shape index (κ2) is 5.37. The summed E-state index contributed by atoms with van der Waals surface area (Å²) >= 11 is 5.83. The van der Waals surface area contributed by atoms with Gasteiger partial charge in [0.15, 0.2) is 0 Å². The van der Waals surface area contributed by atoms with Crippen molar-refractivity contribution in [2.45, 2.75) is 0 Å². The number of pyridine rings is 1. The van der Waals surface area contributed by atoms with Gasteiger partial charge in [0.05, 0.1) is 6.20 Å². The molecule has 6 heteroatoms. The minimum atomic E-state index is -0.911. The molecule has 2 aromatic rings. The van der Waals surface area contributed by atoms with Gasteiger partial charge in [0.2, 0.25) is 5.88 Å². The number of ether oxygens (including phenoxy) is 2. The molecule has 0 atom stereocenters. The lowest BCUT2D eigenvalue weighted by Gasteiger charge is -2.06. The SMILES string of the molecule is NC(=O)Oc1ccc(Oc2cccc(Cl)c2)cn1. The van der Waals surface area contributed by atoms with Crippen molar-refractivity contribution in [1.82, 2.24) is 4.98 Å². The molecule has 1 amide bonds. The van der Waals surface area contributed by atoms with Crippen LogP contribution in [0.5, 0.6) is 17.4 Å². The maximum absolute atomic E-state index is 10.5. The Hall–Kier alpha value is -2.27. The van der Waals surface area contributed by atoms with Gasteiger partial charge in [0, 0.05) is 11.1 Å². The summed E-state index contributed by atoms with van der Waals surface area (Å²) in [4.78, 5) is 14.4. The maximum Gasteiger partial charge on any atom is 0.411 e. The first-order valence-electron chi connectivity index (χ1n) is 5.00. The Morgan fingerprint density at radius 3 is 2.67 bits per heavy atom. The lowest BCUT2D eigenvalue weighted by molar-refractivity contribution is 0.209. The zero-order valence-electron chi connectivity index (χ0n) is 9.17. The number of carbonyl (C=O) groups excluding carboxylic acids is 1. The predicted molar refractivity (Wildman–Crippen MR) is 66.0 cm³/mol. The van der Waals surface area contributed by atoms with Crippen LogP contribution < -0.4 is 15.2 Å². The Kier molecular flexibility index (Phi) is 3.64. The van der Waals surface area contributed by atoms with Gasteiger partial charge in [-0.25, -0.2) is 9.78 Å². The van der Waals surface area contributed by atoms with Gasteiger partial charge in [-0.1, -0.05) is 17.7 Å². The second-order valence-electron chi connectivity index (χ2n) is 3.31. The summed E-state index contributed by atoms with van der Waals surface area (Å²) in [7, 11) is 0. The fraction of sp³-hybridized carbons (Fsp3) is 0. The van der Waals surface area contributed by atoms with E-state index in [0.717, 1.165) is 0 Å². The van der Waals surface area contributed by atoms with E-state index in [1.807, 2.05) is 0 Å². The largest absolute Gasteiger partial charge is 0.456 e. The number of aromatic nitrogens is 1. The van der Waals surface area contributed by atoms with Gasteiger partial charge in [-0.15, -0.1) is 0 Å². The highest BCUT2D eigenvalue weighted by molar-refractivity contribution is 6.30. The molecule has 92 valence electrons. The molecule has 5 nitrogen and oxygen atoms in total. The molecule has 0 saturated carbocycles. The quantitative estimate of drug-likeness (QED) is 0.925. The van der Waals surface area contributed by atoms with Gasteiger partial charge < -0.3 is 15.2 Å². The summed E-state index contributed by atoms with van der Waals surface area (Å²) in [6.45, 7) is 0. The Labute approximate surface area is 108 Å². The Bertz CT molecular complexity index is 558. The second-order valence-corrected chi connectivity index (χ2v) is 3.75. The van der Waals surface area contributed by atoms with Crippen molar-refractivity contribution in [1.29, 1.82) is 0 Å². The fourth-order valence-corrected chi connectivity index (χ4v) is 1.44. The third-order valence-electron chi connectivity index (χ3n) is 1.95. The van der Waals surface area contributed by atoms with E-state index in [1.54, 1.807) is 30.3 Å². The number of amides is 1. The first-order valence-corrected chi connectivity index (χ1v) is 5.38. The van der Waals surface area contributed by atoms with E-state index in [2.05, 4.69) is 9.72 Å². The Morgan fingerprint density at radius 2 is 2.06 bits per heavy atom. The summed E-state index contributed by atoms with van der Waals surface area (Å²) in [5.74, 6) is 1.20. The number of nitrogens with zero attached hydrogens (tertiary/aromatic N) is 1. The topological polar surface area (TPSA) is 74.4 Å². The molecular formula is C12H9ClN2O3. The molecule has 0 bridgehead atoms. The van der Waals surface area contributed by atoms with Crippen LogP contribution in [0, 0.1) is 0 Å². The van der Waals surface area contributed by atoms with Gasteiger partial charge in [-0.3, -0.25) is 0 Å². The molecule has 0 radical (unpaired) electrons. The molecule has 18 heavy (non-hydrogen) atoms. The van der Waals surface area contributed by atoms with Crippen LogP contribution in [0.3, 0.4) is 0 Å². The molecule has 0 aliphatic heterocycles. The van der Waals surface area contributed by atoms with Crippen LogP contribution in [-0.2, 0) is 0 Å². The van der Waals surface area contributed by atoms with Crippen molar-refractivity contribution in [3.8, 4) is 17.4 Å². The number of hydrogen-bond acceptors (Lipinski definition) is 4. The highest BCUT2D eigenvalue weighted by atomic mass is 35.5. The smallest absolute Gasteiger partial charge is 0.411 e. The zero-order chi connectivity index (χ0) is 13.0. The molecule has 1 aromatic carbocycles. The first-order chi connectivity index (χ1) is 8.63. The van der Waals surface area contributed by atoms with Crippen LogP contribution >= 0.6 is 11.6 Å². The van der Waals surface area contributed by atoms with Crippen molar-refractivity contribution in [3.63, 3.8) is 0 Å². The predicted octanol–water partition coefficient (Wildman–Crippen LogP) is 2.98. The van der Waals surface area contributed by atoms with Crippen LogP contribution in [0.15, 0.2) is 42.6 Å². The van der Waals surface area contributed by atoms with Crippen LogP contribution in [0.4, 0.5) is 4.79 Å². The Balaban J connectivity index is 2.08. The number of hydrogen-bond donors (Lipinski definition) is 1. The average Bonchev–Trinajstić information content (AvgIpc) is 2.31. The summed E-state index contributed by atoms with van der Waals surface area (Å²) in [6.07, 6.45) is 0.505. The molecule has 1 aromatic heterocycles. The van der Waals surface area contributed by atoms with Crippen molar-refractivity contribution in [3.05, 3.63) is 47.6 Å². The minimum absolute atomic E-state index is 0.112. The molecule has 0 saturated heterocycles. The Morgan fingerprint density at radius 1 is 1.22 bits per heavy atom. The van der Waals surface area contributed by atoms with E-state index >= 15 is 0 Å². The zero-order valence-corrected chi connectivity index (χ0v) is 9.92. The summed E-state index contributed by atoms with van der Waals surface area (Å²) in [5.41, 5.74) is 4.86. The number of carbonyl (C=O) groups is 1. The molecular weight excluding hydrogens is 256 g/mol. The van der Waals surface area contributed by atoms with E-state index in [9.17, 15) is 4.79 Å². The van der Waals surface area contributed by atoms with Crippen molar-refractivity contribution >= 4 is 17.7 Å². The molecule has 0 fully saturated rings. The van der Waals surface area contributed by atoms with Crippen LogP contribution in [0.2, 0.25) is 5.02 Å². The van der Waals surface area contributed by atoms with Crippen molar-refractivity contribution in [2.75, 3.05) is 0 Å². The third kappa shape index (κ3) is 3.36. The maximum atomic E-state index is 10.5. The summed E-state index contributed by atoms with van der Waals surface area (Å²) in [5, 5.41) is 0.578. The van der Waals surface area contributed by atoms with Gasteiger partial charge in [-0.05, 0) is 24.3 Å². The van der Waals surface area contributed by atoms with Crippen molar-refractivity contribution < 1.29 is 14.3 Å².